The lowest BCUT2D eigenvalue weighted by Gasteiger charge is -2.21. The van der Waals surface area contributed by atoms with Crippen molar-refractivity contribution in [2.24, 2.45) is 10.7 Å². The van der Waals surface area contributed by atoms with E-state index < -0.39 is 0 Å². The number of benzene rings is 1. The molecule has 0 saturated carbocycles. The van der Waals surface area contributed by atoms with Gasteiger partial charge in [0.05, 0.1) is 6.54 Å². The summed E-state index contributed by atoms with van der Waals surface area (Å²) < 4.78 is 0. The highest BCUT2D eigenvalue weighted by Crippen LogP contribution is 2.14. The molecule has 1 aromatic carbocycles. The van der Waals surface area contributed by atoms with Crippen molar-refractivity contribution in [2.45, 2.75) is 51.6 Å². The van der Waals surface area contributed by atoms with Crippen LogP contribution in [-0.4, -0.2) is 41.9 Å². The van der Waals surface area contributed by atoms with Gasteiger partial charge in [-0.2, -0.15) is 0 Å². The number of halogens is 1. The molecule has 0 bridgehead atoms. The lowest BCUT2D eigenvalue weighted by atomic mass is 10.1. The molecule has 0 spiro atoms. The van der Waals surface area contributed by atoms with Gasteiger partial charge in [-0.3, -0.25) is 4.90 Å². The minimum Gasteiger partial charge on any atom is -0.370 e. The van der Waals surface area contributed by atoms with E-state index in [1.807, 2.05) is 0 Å². The van der Waals surface area contributed by atoms with E-state index in [1.54, 1.807) is 0 Å². The fraction of sp³-hybridized carbons (Fsp3) is 0.632. The Morgan fingerprint density at radius 1 is 0.833 bits per heavy atom. The van der Waals surface area contributed by atoms with Crippen molar-refractivity contribution in [3.8, 4) is 0 Å². The summed E-state index contributed by atoms with van der Waals surface area (Å²) in [6.45, 7) is 6.39. The summed E-state index contributed by atoms with van der Waals surface area (Å²) in [5.41, 5.74) is 8.82. The third kappa shape index (κ3) is 5.92. The highest BCUT2D eigenvalue weighted by Gasteiger charge is 2.12. The normalized spacial score (nSPS) is 19.8. The standard InChI is InChI=1S/C19H30N4.HI/c20-19(23-13-3-1-2-4-14-23)21-15-17-7-9-18(10-8-17)16-22-11-5-6-12-22;/h7-10H,1-6,11-16H2,(H2,20,21);1H. The van der Waals surface area contributed by atoms with Crippen molar-refractivity contribution < 1.29 is 0 Å². The molecule has 134 valence electrons. The fourth-order valence-corrected chi connectivity index (χ4v) is 3.52. The molecule has 3 rings (SSSR count). The summed E-state index contributed by atoms with van der Waals surface area (Å²) in [7, 11) is 0. The predicted molar refractivity (Wildman–Crippen MR) is 112 cm³/mol. The van der Waals surface area contributed by atoms with Crippen LogP contribution in [0.15, 0.2) is 29.3 Å². The number of nitrogens with zero attached hydrogens (tertiary/aromatic N) is 3. The molecule has 2 saturated heterocycles. The zero-order valence-corrected chi connectivity index (χ0v) is 17.0. The van der Waals surface area contributed by atoms with E-state index in [1.165, 1.54) is 62.7 Å². The number of hydrogen-bond acceptors (Lipinski definition) is 2. The third-order valence-corrected chi connectivity index (χ3v) is 4.98. The van der Waals surface area contributed by atoms with Crippen LogP contribution in [0.4, 0.5) is 0 Å². The van der Waals surface area contributed by atoms with E-state index in [-0.39, 0.29) is 24.0 Å². The SMILES string of the molecule is I.NC(=NCc1ccc(CN2CCCC2)cc1)N1CCCCCC1. The minimum absolute atomic E-state index is 0. The molecule has 0 radical (unpaired) electrons. The molecule has 24 heavy (non-hydrogen) atoms. The van der Waals surface area contributed by atoms with Crippen molar-refractivity contribution in [1.82, 2.24) is 9.80 Å². The molecular weight excluding hydrogens is 411 g/mol. The van der Waals surface area contributed by atoms with Gasteiger partial charge in [0.15, 0.2) is 5.96 Å². The molecule has 2 aliphatic rings. The van der Waals surface area contributed by atoms with Crippen LogP contribution in [0.2, 0.25) is 0 Å². The molecule has 2 aliphatic heterocycles. The number of likely N-dealkylation sites (tertiary alicyclic amines) is 2. The summed E-state index contributed by atoms with van der Waals surface area (Å²) in [4.78, 5) is 9.38. The van der Waals surface area contributed by atoms with E-state index in [4.69, 9.17) is 5.73 Å². The molecule has 2 fully saturated rings. The molecule has 0 atom stereocenters. The van der Waals surface area contributed by atoms with Crippen LogP contribution in [0.5, 0.6) is 0 Å². The quantitative estimate of drug-likeness (QED) is 0.441. The largest absolute Gasteiger partial charge is 0.370 e. The van der Waals surface area contributed by atoms with E-state index in [0.717, 1.165) is 19.6 Å². The summed E-state index contributed by atoms with van der Waals surface area (Å²) in [6.07, 6.45) is 7.82. The number of aliphatic imine (C=N–C) groups is 1. The Balaban J connectivity index is 0.00000208. The molecular formula is C19H31IN4. The van der Waals surface area contributed by atoms with Gasteiger partial charge in [0.1, 0.15) is 0 Å². The molecule has 0 aromatic heterocycles. The van der Waals surface area contributed by atoms with Crippen molar-refractivity contribution in [3.05, 3.63) is 35.4 Å². The predicted octanol–water partition coefficient (Wildman–Crippen LogP) is 3.59. The third-order valence-electron chi connectivity index (χ3n) is 4.98. The Bertz CT molecular complexity index is 501. The van der Waals surface area contributed by atoms with Crippen molar-refractivity contribution >= 4 is 29.9 Å². The number of rotatable bonds is 4. The van der Waals surface area contributed by atoms with Crippen LogP contribution in [0.1, 0.15) is 49.7 Å². The van der Waals surface area contributed by atoms with E-state index >= 15 is 0 Å². The molecule has 0 aliphatic carbocycles. The van der Waals surface area contributed by atoms with Gasteiger partial charge >= 0.3 is 0 Å². The second kappa shape index (κ2) is 10.2. The second-order valence-electron chi connectivity index (χ2n) is 6.88. The minimum atomic E-state index is 0. The zero-order chi connectivity index (χ0) is 15.9. The fourth-order valence-electron chi connectivity index (χ4n) is 3.52. The molecule has 4 nitrogen and oxygen atoms in total. The highest BCUT2D eigenvalue weighted by molar-refractivity contribution is 14.0. The van der Waals surface area contributed by atoms with Crippen LogP contribution in [0.3, 0.4) is 0 Å². The lowest BCUT2D eigenvalue weighted by Crippen LogP contribution is -2.38. The molecule has 2 heterocycles. The monoisotopic (exact) mass is 442 g/mol. The average Bonchev–Trinajstić information content (AvgIpc) is 2.93. The van der Waals surface area contributed by atoms with Gasteiger partial charge in [0, 0.05) is 19.6 Å². The first-order valence-electron chi connectivity index (χ1n) is 9.16. The Hall–Kier alpha value is -0.820. The van der Waals surface area contributed by atoms with Crippen molar-refractivity contribution in [2.75, 3.05) is 26.2 Å². The lowest BCUT2D eigenvalue weighted by molar-refractivity contribution is 0.331. The van der Waals surface area contributed by atoms with Crippen LogP contribution in [0.25, 0.3) is 0 Å². The number of guanidine groups is 1. The van der Waals surface area contributed by atoms with E-state index in [2.05, 4.69) is 39.1 Å². The van der Waals surface area contributed by atoms with Gasteiger partial charge in [0.2, 0.25) is 0 Å². The Morgan fingerprint density at radius 3 is 2.00 bits per heavy atom. The molecule has 2 N–H and O–H groups in total. The Morgan fingerprint density at radius 2 is 1.38 bits per heavy atom. The summed E-state index contributed by atoms with van der Waals surface area (Å²) >= 11 is 0. The van der Waals surface area contributed by atoms with Gasteiger partial charge in [-0.25, -0.2) is 4.99 Å². The summed E-state index contributed by atoms with van der Waals surface area (Å²) in [5, 5.41) is 0. The van der Waals surface area contributed by atoms with Crippen LogP contribution in [-0.2, 0) is 13.1 Å². The van der Waals surface area contributed by atoms with Gasteiger partial charge in [-0.1, -0.05) is 37.1 Å². The van der Waals surface area contributed by atoms with Gasteiger partial charge in [0.25, 0.3) is 0 Å². The molecule has 5 heteroatoms. The molecule has 0 amide bonds. The number of hydrogen-bond donors (Lipinski definition) is 1. The number of nitrogens with two attached hydrogens (primary N) is 1. The summed E-state index contributed by atoms with van der Waals surface area (Å²) in [6, 6.07) is 8.88. The molecule has 1 aromatic rings. The first kappa shape index (κ1) is 19.5. The van der Waals surface area contributed by atoms with E-state index in [0.29, 0.717) is 12.5 Å². The maximum absolute atomic E-state index is 6.17. The Labute approximate surface area is 163 Å². The van der Waals surface area contributed by atoms with Crippen molar-refractivity contribution in [3.63, 3.8) is 0 Å². The van der Waals surface area contributed by atoms with Crippen LogP contribution < -0.4 is 5.73 Å². The van der Waals surface area contributed by atoms with Crippen LogP contribution in [0, 0.1) is 0 Å². The Kier molecular flexibility index (Phi) is 8.32. The van der Waals surface area contributed by atoms with E-state index in [9.17, 15) is 0 Å². The van der Waals surface area contributed by atoms with Gasteiger partial charge in [-0.15, -0.1) is 24.0 Å². The highest BCUT2D eigenvalue weighted by atomic mass is 127. The summed E-state index contributed by atoms with van der Waals surface area (Å²) in [5.74, 6) is 0.716. The first-order valence-corrected chi connectivity index (χ1v) is 9.16. The second-order valence-corrected chi connectivity index (χ2v) is 6.88. The smallest absolute Gasteiger partial charge is 0.191 e. The average molecular weight is 442 g/mol. The topological polar surface area (TPSA) is 44.9 Å². The first-order chi connectivity index (χ1) is 11.3. The van der Waals surface area contributed by atoms with Crippen LogP contribution >= 0.6 is 24.0 Å². The van der Waals surface area contributed by atoms with Crippen molar-refractivity contribution in [1.29, 1.82) is 0 Å². The maximum Gasteiger partial charge on any atom is 0.191 e. The van der Waals surface area contributed by atoms with Gasteiger partial charge in [-0.05, 0) is 49.9 Å². The van der Waals surface area contributed by atoms with Gasteiger partial charge < -0.3 is 10.6 Å². The molecule has 0 unspecified atom stereocenters. The maximum atomic E-state index is 6.17. The zero-order valence-electron chi connectivity index (χ0n) is 14.6.